The summed E-state index contributed by atoms with van der Waals surface area (Å²) < 4.78 is 10.7. The number of hydrogen-bond donors (Lipinski definition) is 1. The molecular weight excluding hydrogens is 305 g/mol. The molecule has 1 atom stereocenters. The van der Waals surface area contributed by atoms with Gasteiger partial charge in [-0.2, -0.15) is 0 Å². The molecule has 0 aliphatic heterocycles. The van der Waals surface area contributed by atoms with Gasteiger partial charge in [0, 0.05) is 24.5 Å². The van der Waals surface area contributed by atoms with E-state index in [0.717, 1.165) is 12.3 Å². The monoisotopic (exact) mass is 331 g/mol. The summed E-state index contributed by atoms with van der Waals surface area (Å²) in [4.78, 5) is 0. The van der Waals surface area contributed by atoms with E-state index in [1.807, 2.05) is 12.1 Å². The number of rotatable bonds is 7. The average molecular weight is 331 g/mol. The Morgan fingerprint density at radius 1 is 0.957 bits per heavy atom. The minimum atomic E-state index is 0.107. The lowest BCUT2D eigenvalue weighted by Gasteiger charge is -2.22. The van der Waals surface area contributed by atoms with Crippen LogP contribution in [0.2, 0.25) is 0 Å². The highest BCUT2D eigenvalue weighted by Gasteiger charge is 2.11. The molecule has 0 heterocycles. The molecule has 124 valence electrons. The van der Waals surface area contributed by atoms with E-state index in [1.54, 1.807) is 7.11 Å². The zero-order valence-electron chi connectivity index (χ0n) is 14.3. The summed E-state index contributed by atoms with van der Waals surface area (Å²) in [5.74, 6) is 0.895. The van der Waals surface area contributed by atoms with E-state index in [4.69, 9.17) is 9.47 Å². The van der Waals surface area contributed by atoms with Crippen LogP contribution in [0.25, 0.3) is 0 Å². The maximum atomic E-state index is 5.68. The Labute approximate surface area is 141 Å². The number of ether oxygens (including phenoxy) is 2. The highest BCUT2D eigenvalue weighted by Crippen LogP contribution is 2.21. The Morgan fingerprint density at radius 2 is 1.61 bits per heavy atom. The molecule has 23 heavy (non-hydrogen) atoms. The summed E-state index contributed by atoms with van der Waals surface area (Å²) in [6.45, 7) is 7.70. The van der Waals surface area contributed by atoms with Crippen LogP contribution in [-0.4, -0.2) is 19.4 Å². The SMILES string of the molecule is COCOc1ccccc1Pc1ccccc1CNC(C)(C)C. The minimum Gasteiger partial charge on any atom is -0.467 e. The molecule has 0 fully saturated rings. The van der Waals surface area contributed by atoms with Gasteiger partial charge in [0.05, 0.1) is 0 Å². The van der Waals surface area contributed by atoms with Crippen molar-refractivity contribution in [3.8, 4) is 5.75 Å². The summed E-state index contributed by atoms with van der Waals surface area (Å²) >= 11 is 0. The van der Waals surface area contributed by atoms with Crippen LogP contribution in [0.3, 0.4) is 0 Å². The third-order valence-corrected chi connectivity index (χ3v) is 4.75. The van der Waals surface area contributed by atoms with Crippen molar-refractivity contribution in [2.24, 2.45) is 0 Å². The first kappa shape index (κ1) is 17.9. The third-order valence-electron chi connectivity index (χ3n) is 3.32. The molecule has 0 aliphatic rings. The van der Waals surface area contributed by atoms with Crippen LogP contribution in [0.1, 0.15) is 26.3 Å². The maximum absolute atomic E-state index is 5.68. The molecule has 3 nitrogen and oxygen atoms in total. The molecule has 0 aliphatic carbocycles. The molecule has 0 bridgehead atoms. The highest BCUT2D eigenvalue weighted by molar-refractivity contribution is 7.55. The largest absolute Gasteiger partial charge is 0.467 e. The Morgan fingerprint density at radius 3 is 2.30 bits per heavy atom. The van der Waals surface area contributed by atoms with E-state index < -0.39 is 0 Å². The van der Waals surface area contributed by atoms with E-state index >= 15 is 0 Å². The first-order valence-corrected chi connectivity index (χ1v) is 8.80. The molecular formula is C19H26NO2P. The second-order valence-electron chi connectivity index (χ2n) is 6.43. The predicted octanol–water partition coefficient (Wildman–Crippen LogP) is 3.19. The van der Waals surface area contributed by atoms with E-state index in [-0.39, 0.29) is 12.3 Å². The molecule has 0 spiro atoms. The van der Waals surface area contributed by atoms with Crippen LogP contribution in [0, 0.1) is 0 Å². The number of hydrogen-bond acceptors (Lipinski definition) is 3. The second-order valence-corrected chi connectivity index (χ2v) is 7.76. The van der Waals surface area contributed by atoms with Gasteiger partial charge in [0.1, 0.15) is 5.75 Å². The Kier molecular flexibility index (Phi) is 6.59. The van der Waals surface area contributed by atoms with Crippen LogP contribution in [0.5, 0.6) is 5.75 Å². The molecule has 1 unspecified atom stereocenters. The molecule has 0 saturated carbocycles. The maximum Gasteiger partial charge on any atom is 0.188 e. The zero-order chi connectivity index (χ0) is 16.7. The van der Waals surface area contributed by atoms with Gasteiger partial charge in [-0.05, 0) is 37.7 Å². The molecule has 0 saturated heterocycles. The number of para-hydroxylation sites is 1. The zero-order valence-corrected chi connectivity index (χ0v) is 15.3. The Balaban J connectivity index is 2.17. The van der Waals surface area contributed by atoms with Crippen LogP contribution in [0.4, 0.5) is 0 Å². The van der Waals surface area contributed by atoms with Crippen molar-refractivity contribution < 1.29 is 9.47 Å². The van der Waals surface area contributed by atoms with Crippen LogP contribution in [0.15, 0.2) is 48.5 Å². The Hall–Kier alpha value is -1.41. The quantitative estimate of drug-likeness (QED) is 0.624. The van der Waals surface area contributed by atoms with Crippen LogP contribution >= 0.6 is 8.58 Å². The van der Waals surface area contributed by atoms with Gasteiger partial charge in [-0.15, -0.1) is 0 Å². The van der Waals surface area contributed by atoms with Crippen molar-refractivity contribution in [3.05, 3.63) is 54.1 Å². The number of nitrogens with one attached hydrogen (secondary N) is 1. The normalized spacial score (nSPS) is 12.0. The van der Waals surface area contributed by atoms with Crippen molar-refractivity contribution in [1.82, 2.24) is 5.32 Å². The van der Waals surface area contributed by atoms with Gasteiger partial charge in [-0.1, -0.05) is 51.0 Å². The second kappa shape index (κ2) is 8.44. The van der Waals surface area contributed by atoms with Crippen molar-refractivity contribution in [1.29, 1.82) is 0 Å². The first-order valence-electron chi connectivity index (χ1n) is 7.80. The standard InChI is InChI=1S/C19H26NO2P/c1-19(2,3)20-13-15-9-5-7-11-17(15)23-18-12-8-6-10-16(18)22-14-21-4/h5-12,20,23H,13-14H2,1-4H3. The van der Waals surface area contributed by atoms with Crippen LogP contribution in [-0.2, 0) is 11.3 Å². The molecule has 0 amide bonds. The van der Waals surface area contributed by atoms with Crippen molar-refractivity contribution in [2.45, 2.75) is 32.9 Å². The smallest absolute Gasteiger partial charge is 0.188 e. The summed E-state index contributed by atoms with van der Waals surface area (Å²) in [7, 11) is 2.20. The summed E-state index contributed by atoms with van der Waals surface area (Å²) in [5.41, 5.74) is 1.44. The van der Waals surface area contributed by atoms with Gasteiger partial charge in [-0.25, -0.2) is 0 Å². The van der Waals surface area contributed by atoms with Gasteiger partial charge in [0.2, 0.25) is 0 Å². The molecule has 2 aromatic rings. The molecule has 2 aromatic carbocycles. The summed E-state index contributed by atoms with van der Waals surface area (Å²) in [5, 5.41) is 6.11. The van der Waals surface area contributed by atoms with E-state index in [9.17, 15) is 0 Å². The predicted molar refractivity (Wildman–Crippen MR) is 99.6 cm³/mol. The first-order chi connectivity index (χ1) is 11.0. The molecule has 4 heteroatoms. The van der Waals surface area contributed by atoms with Crippen LogP contribution < -0.4 is 20.7 Å². The van der Waals surface area contributed by atoms with Gasteiger partial charge < -0.3 is 14.8 Å². The molecule has 0 radical (unpaired) electrons. The van der Waals surface area contributed by atoms with Crippen molar-refractivity contribution >= 4 is 19.2 Å². The lowest BCUT2D eigenvalue weighted by Crippen LogP contribution is -2.36. The summed E-state index contributed by atoms with van der Waals surface area (Å²) in [6, 6.07) is 16.8. The average Bonchev–Trinajstić information content (AvgIpc) is 2.52. The van der Waals surface area contributed by atoms with E-state index in [2.05, 4.69) is 62.5 Å². The molecule has 1 N–H and O–H groups in total. The van der Waals surface area contributed by atoms with Gasteiger partial charge in [0.15, 0.2) is 6.79 Å². The fourth-order valence-electron chi connectivity index (χ4n) is 2.12. The van der Waals surface area contributed by atoms with Gasteiger partial charge in [-0.3, -0.25) is 0 Å². The van der Waals surface area contributed by atoms with Gasteiger partial charge in [0.25, 0.3) is 0 Å². The summed E-state index contributed by atoms with van der Waals surface area (Å²) in [6.07, 6.45) is 0. The highest BCUT2D eigenvalue weighted by atomic mass is 31.1. The van der Waals surface area contributed by atoms with E-state index in [0.29, 0.717) is 8.58 Å². The third kappa shape index (κ3) is 5.95. The minimum absolute atomic E-state index is 0.107. The van der Waals surface area contributed by atoms with Crippen molar-refractivity contribution in [2.75, 3.05) is 13.9 Å². The topological polar surface area (TPSA) is 30.5 Å². The lowest BCUT2D eigenvalue weighted by molar-refractivity contribution is 0.0519. The number of benzene rings is 2. The van der Waals surface area contributed by atoms with Gasteiger partial charge >= 0.3 is 0 Å². The number of methoxy groups -OCH3 is 1. The fraction of sp³-hybridized carbons (Fsp3) is 0.368. The molecule has 0 aromatic heterocycles. The van der Waals surface area contributed by atoms with Crippen molar-refractivity contribution in [3.63, 3.8) is 0 Å². The Bertz CT molecular complexity index is 623. The van der Waals surface area contributed by atoms with E-state index in [1.165, 1.54) is 16.2 Å². The molecule has 2 rings (SSSR count). The lowest BCUT2D eigenvalue weighted by atomic mass is 10.1. The fourth-order valence-corrected chi connectivity index (χ4v) is 3.38.